The van der Waals surface area contributed by atoms with Crippen molar-refractivity contribution in [1.29, 1.82) is 0 Å². The van der Waals surface area contributed by atoms with E-state index in [0.29, 0.717) is 35.3 Å². The number of benzene rings is 1. The zero-order chi connectivity index (χ0) is 17.6. The predicted molar refractivity (Wildman–Crippen MR) is 91.7 cm³/mol. The van der Waals surface area contributed by atoms with Crippen LogP contribution in [-0.2, 0) is 14.2 Å². The summed E-state index contributed by atoms with van der Waals surface area (Å²) in [7, 11) is 0. The van der Waals surface area contributed by atoms with Crippen molar-refractivity contribution in [3.8, 4) is 0 Å². The summed E-state index contributed by atoms with van der Waals surface area (Å²) in [6, 6.07) is 7.47. The second-order valence-electron chi connectivity index (χ2n) is 9.09. The van der Waals surface area contributed by atoms with E-state index in [1.165, 1.54) is 12.8 Å². The molecule has 1 spiro atoms. The number of carbonyl (C=O) groups excluding carboxylic acids is 1. The van der Waals surface area contributed by atoms with Gasteiger partial charge in [-0.3, -0.25) is 0 Å². The molecule has 0 N–H and O–H groups in total. The molecule has 2 bridgehead atoms. The number of fused-ring (bicyclic) bond motifs is 7. The fourth-order valence-electron chi connectivity index (χ4n) is 6.32. The highest BCUT2D eigenvalue weighted by Crippen LogP contribution is 2.84. The fourth-order valence-corrected chi connectivity index (χ4v) is 6.32. The number of hydrogen-bond acceptors (Lipinski definition) is 4. The van der Waals surface area contributed by atoms with Crippen LogP contribution in [0.5, 0.6) is 0 Å². The molecule has 5 rings (SSSR count). The molecule has 3 saturated carbocycles. The van der Waals surface area contributed by atoms with E-state index in [-0.39, 0.29) is 11.4 Å². The number of ether oxygens (including phenoxy) is 3. The summed E-state index contributed by atoms with van der Waals surface area (Å²) in [6.45, 7) is 9.44. The Balaban J connectivity index is 1.31. The molecule has 6 atom stereocenters. The van der Waals surface area contributed by atoms with Crippen LogP contribution in [0, 0.1) is 35.5 Å². The lowest BCUT2D eigenvalue weighted by Crippen LogP contribution is -2.39. The summed E-state index contributed by atoms with van der Waals surface area (Å²) in [5, 5.41) is 0. The van der Waals surface area contributed by atoms with Gasteiger partial charge < -0.3 is 14.2 Å². The van der Waals surface area contributed by atoms with Crippen LogP contribution in [0.15, 0.2) is 24.3 Å². The summed E-state index contributed by atoms with van der Waals surface area (Å²) in [4.78, 5) is 12.4. The molecule has 4 nitrogen and oxygen atoms in total. The Hall–Kier alpha value is -1.39. The fraction of sp³-hybridized carbons (Fsp3) is 0.667. The highest BCUT2D eigenvalue weighted by atomic mass is 16.8. The lowest BCUT2D eigenvalue weighted by atomic mass is 9.67. The van der Waals surface area contributed by atoms with Gasteiger partial charge >= 0.3 is 5.97 Å². The molecule has 4 heteroatoms. The summed E-state index contributed by atoms with van der Waals surface area (Å²) < 4.78 is 18.0. The molecule has 1 aliphatic heterocycles. The third kappa shape index (κ3) is 1.77. The van der Waals surface area contributed by atoms with E-state index >= 15 is 0 Å². The minimum atomic E-state index is -0.594. The Labute approximate surface area is 148 Å². The van der Waals surface area contributed by atoms with Crippen LogP contribution < -0.4 is 0 Å². The molecule has 4 unspecified atom stereocenters. The summed E-state index contributed by atoms with van der Waals surface area (Å²) in [6.07, 6.45) is 1.91. The first-order valence-electron chi connectivity index (χ1n) is 9.40. The number of esters is 1. The highest BCUT2D eigenvalue weighted by Gasteiger charge is 2.87. The lowest BCUT2D eigenvalue weighted by Gasteiger charge is -2.40. The van der Waals surface area contributed by atoms with Crippen LogP contribution in [0.1, 0.15) is 49.5 Å². The summed E-state index contributed by atoms with van der Waals surface area (Å²) >= 11 is 0. The van der Waals surface area contributed by atoms with E-state index in [2.05, 4.69) is 20.8 Å². The first-order valence-corrected chi connectivity index (χ1v) is 9.40. The van der Waals surface area contributed by atoms with Gasteiger partial charge in [-0.1, -0.05) is 39.0 Å². The normalized spacial score (nSPS) is 45.6. The van der Waals surface area contributed by atoms with Gasteiger partial charge in [-0.15, -0.1) is 0 Å². The molecule has 1 heterocycles. The number of carbonyl (C=O) groups is 1. The quantitative estimate of drug-likeness (QED) is 0.764. The monoisotopic (exact) mass is 342 g/mol. The first-order chi connectivity index (χ1) is 11.8. The molecule has 25 heavy (non-hydrogen) atoms. The molecule has 4 aliphatic rings. The largest absolute Gasteiger partial charge is 0.429 e. The molecule has 0 aromatic heterocycles. The maximum atomic E-state index is 12.4. The van der Waals surface area contributed by atoms with Crippen LogP contribution in [0.2, 0.25) is 0 Å². The third-order valence-electron chi connectivity index (χ3n) is 8.01. The van der Waals surface area contributed by atoms with Crippen molar-refractivity contribution in [2.24, 2.45) is 28.6 Å². The molecule has 1 aromatic carbocycles. The van der Waals surface area contributed by atoms with Crippen molar-refractivity contribution in [3.63, 3.8) is 0 Å². The van der Waals surface area contributed by atoms with Crippen molar-refractivity contribution in [2.45, 2.75) is 52.6 Å². The van der Waals surface area contributed by atoms with Gasteiger partial charge in [0.05, 0.1) is 5.56 Å². The Morgan fingerprint density at radius 3 is 2.68 bits per heavy atom. The van der Waals surface area contributed by atoms with Crippen LogP contribution in [0.4, 0.5) is 0 Å². The predicted octanol–water partition coefficient (Wildman–Crippen LogP) is 3.92. The summed E-state index contributed by atoms with van der Waals surface area (Å²) in [5.41, 5.74) is 2.11. The molecule has 0 radical (unpaired) electrons. The molecule has 1 saturated heterocycles. The zero-order valence-corrected chi connectivity index (χ0v) is 15.4. The second kappa shape index (κ2) is 4.66. The average Bonchev–Trinajstić information content (AvgIpc) is 2.81. The number of hydrogen-bond donors (Lipinski definition) is 0. The number of rotatable bonds is 2. The van der Waals surface area contributed by atoms with Gasteiger partial charge in [-0.05, 0) is 48.1 Å². The Morgan fingerprint density at radius 1 is 1.24 bits per heavy atom. The lowest BCUT2D eigenvalue weighted by molar-refractivity contribution is -0.176. The van der Waals surface area contributed by atoms with E-state index in [0.717, 1.165) is 5.56 Å². The van der Waals surface area contributed by atoms with Crippen molar-refractivity contribution in [1.82, 2.24) is 0 Å². The molecule has 0 amide bonds. The number of aryl methyl sites for hydroxylation is 1. The van der Waals surface area contributed by atoms with Gasteiger partial charge in [-0.25, -0.2) is 4.79 Å². The third-order valence-corrected chi connectivity index (χ3v) is 8.01. The molecule has 134 valence electrons. The van der Waals surface area contributed by atoms with E-state index in [9.17, 15) is 4.79 Å². The smallest absolute Gasteiger partial charge is 0.340 e. The SMILES string of the molecule is Cc1ccccc1C(=O)OC1COC2(O1)C1C2[C@]2(C)CC[C@H]1C2(C)C. The van der Waals surface area contributed by atoms with Gasteiger partial charge in [0.15, 0.2) is 5.79 Å². The highest BCUT2D eigenvalue weighted by molar-refractivity contribution is 5.91. The van der Waals surface area contributed by atoms with Crippen LogP contribution >= 0.6 is 0 Å². The molecule has 1 aromatic rings. The zero-order valence-electron chi connectivity index (χ0n) is 15.4. The minimum Gasteiger partial charge on any atom is -0.429 e. The van der Waals surface area contributed by atoms with E-state index in [4.69, 9.17) is 14.2 Å². The first kappa shape index (κ1) is 15.8. The van der Waals surface area contributed by atoms with Crippen molar-refractivity contribution in [3.05, 3.63) is 35.4 Å². The Morgan fingerprint density at radius 2 is 2.00 bits per heavy atom. The Kier molecular flexibility index (Phi) is 2.95. The van der Waals surface area contributed by atoms with Crippen molar-refractivity contribution in [2.75, 3.05) is 6.61 Å². The summed E-state index contributed by atoms with van der Waals surface area (Å²) in [5.74, 6) is 0.721. The van der Waals surface area contributed by atoms with Crippen LogP contribution in [0.25, 0.3) is 0 Å². The molecular weight excluding hydrogens is 316 g/mol. The average molecular weight is 342 g/mol. The molecule has 4 fully saturated rings. The molecule has 3 aliphatic carbocycles. The second-order valence-corrected chi connectivity index (χ2v) is 9.09. The van der Waals surface area contributed by atoms with Gasteiger partial charge in [0.25, 0.3) is 0 Å². The van der Waals surface area contributed by atoms with Gasteiger partial charge in [0.2, 0.25) is 6.29 Å². The Bertz CT molecular complexity index is 756. The van der Waals surface area contributed by atoms with E-state index in [1.807, 2.05) is 25.1 Å². The standard InChI is InChI=1S/C21H26O4/c1-12-7-5-6-8-13(12)18(22)24-15-11-23-21(25-15)16-14-9-10-20(4,17(16)21)19(14,2)3/h5-8,14-17H,9-11H2,1-4H3/t14-,15?,16?,17?,20+,21?/m1/s1. The molecular formula is C21H26O4. The van der Waals surface area contributed by atoms with Crippen LogP contribution in [-0.4, -0.2) is 24.7 Å². The van der Waals surface area contributed by atoms with Crippen molar-refractivity contribution < 1.29 is 19.0 Å². The van der Waals surface area contributed by atoms with Crippen LogP contribution in [0.3, 0.4) is 0 Å². The van der Waals surface area contributed by atoms with E-state index in [1.54, 1.807) is 6.07 Å². The maximum absolute atomic E-state index is 12.4. The van der Waals surface area contributed by atoms with E-state index < -0.39 is 12.1 Å². The van der Waals surface area contributed by atoms with Gasteiger partial charge in [0, 0.05) is 11.8 Å². The van der Waals surface area contributed by atoms with Gasteiger partial charge in [-0.2, -0.15) is 0 Å². The maximum Gasteiger partial charge on any atom is 0.340 e. The van der Waals surface area contributed by atoms with Gasteiger partial charge in [0.1, 0.15) is 6.61 Å². The van der Waals surface area contributed by atoms with Crippen molar-refractivity contribution >= 4 is 5.97 Å². The topological polar surface area (TPSA) is 44.8 Å². The minimum absolute atomic E-state index is 0.261.